The number of rotatable bonds is 6. The van der Waals surface area contributed by atoms with Gasteiger partial charge in [0.15, 0.2) is 0 Å². The summed E-state index contributed by atoms with van der Waals surface area (Å²) in [6, 6.07) is 18.7. The molecule has 4 heteroatoms. The van der Waals surface area contributed by atoms with Crippen LogP contribution in [0.15, 0.2) is 54.6 Å². The first-order chi connectivity index (χ1) is 12.5. The Kier molecular flexibility index (Phi) is 5.52. The summed E-state index contributed by atoms with van der Waals surface area (Å²) in [4.78, 5) is 9.16. The molecule has 0 bridgehead atoms. The molecule has 0 radical (unpaired) electrons. The van der Waals surface area contributed by atoms with Crippen molar-refractivity contribution in [3.05, 3.63) is 77.0 Å². The van der Waals surface area contributed by atoms with Gasteiger partial charge in [0.25, 0.3) is 0 Å². The van der Waals surface area contributed by atoms with E-state index in [-0.39, 0.29) is 0 Å². The monoisotopic (exact) mass is 346 g/mol. The molecule has 0 fully saturated rings. The molecule has 4 nitrogen and oxygen atoms in total. The molecular formula is C22H26N4. The number of nitrogens with zero attached hydrogens (tertiary/aromatic N) is 2. The van der Waals surface area contributed by atoms with E-state index in [0.717, 1.165) is 17.2 Å². The number of anilines is 3. The molecule has 2 N–H and O–H groups in total. The summed E-state index contributed by atoms with van der Waals surface area (Å²) >= 11 is 0. The average molecular weight is 346 g/mol. The smallest absolute Gasteiger partial charge is 0.225 e. The molecule has 0 aliphatic heterocycles. The maximum Gasteiger partial charge on any atom is 0.225 e. The summed E-state index contributed by atoms with van der Waals surface area (Å²) in [7, 11) is 0. The Morgan fingerprint density at radius 1 is 0.923 bits per heavy atom. The summed E-state index contributed by atoms with van der Waals surface area (Å²) in [6.45, 7) is 9.20. The Morgan fingerprint density at radius 3 is 2.42 bits per heavy atom. The van der Waals surface area contributed by atoms with Crippen LogP contribution in [0.25, 0.3) is 0 Å². The summed E-state index contributed by atoms with van der Waals surface area (Å²) in [5.74, 6) is 1.89. The van der Waals surface area contributed by atoms with Crippen LogP contribution in [0.5, 0.6) is 0 Å². The van der Waals surface area contributed by atoms with Crippen molar-refractivity contribution in [3.63, 3.8) is 0 Å². The van der Waals surface area contributed by atoms with Gasteiger partial charge in [0.05, 0.1) is 0 Å². The van der Waals surface area contributed by atoms with Crippen LogP contribution in [-0.4, -0.2) is 9.97 Å². The van der Waals surface area contributed by atoms with Gasteiger partial charge in [-0.2, -0.15) is 4.98 Å². The highest BCUT2D eigenvalue weighted by molar-refractivity contribution is 5.62. The van der Waals surface area contributed by atoms with E-state index in [0.29, 0.717) is 18.4 Å². The van der Waals surface area contributed by atoms with Gasteiger partial charge in [-0.25, -0.2) is 4.98 Å². The molecule has 0 saturated heterocycles. The molecule has 0 aliphatic rings. The fourth-order valence-electron chi connectivity index (χ4n) is 2.95. The van der Waals surface area contributed by atoms with Gasteiger partial charge in [0.2, 0.25) is 5.95 Å². The molecule has 134 valence electrons. The highest BCUT2D eigenvalue weighted by Gasteiger charge is 2.08. The molecule has 1 aromatic heterocycles. The molecule has 1 heterocycles. The van der Waals surface area contributed by atoms with Crippen molar-refractivity contribution in [1.29, 1.82) is 0 Å². The molecule has 3 aromatic rings. The zero-order valence-electron chi connectivity index (χ0n) is 15.9. The SMILES string of the molecule is Cc1cc(Nc2ccccc2C(C)C)nc(NCc2ccccc2C)n1. The Morgan fingerprint density at radius 2 is 1.65 bits per heavy atom. The third kappa shape index (κ3) is 4.39. The number of aryl methyl sites for hydroxylation is 2. The number of para-hydroxylation sites is 1. The Bertz CT molecular complexity index is 887. The zero-order valence-corrected chi connectivity index (χ0v) is 15.9. The Hall–Kier alpha value is -2.88. The molecule has 0 amide bonds. The minimum atomic E-state index is 0.445. The van der Waals surface area contributed by atoms with Crippen LogP contribution in [0, 0.1) is 13.8 Å². The Balaban J connectivity index is 1.79. The lowest BCUT2D eigenvalue weighted by atomic mass is 10.0. The van der Waals surface area contributed by atoms with Crippen LogP contribution in [0.2, 0.25) is 0 Å². The average Bonchev–Trinajstić information content (AvgIpc) is 2.61. The van der Waals surface area contributed by atoms with Crippen molar-refractivity contribution in [2.75, 3.05) is 10.6 Å². The minimum Gasteiger partial charge on any atom is -0.350 e. The van der Waals surface area contributed by atoms with E-state index in [1.807, 2.05) is 19.1 Å². The second-order valence-electron chi connectivity index (χ2n) is 6.87. The van der Waals surface area contributed by atoms with Crippen molar-refractivity contribution in [3.8, 4) is 0 Å². The lowest BCUT2D eigenvalue weighted by Crippen LogP contribution is -2.07. The molecule has 2 aromatic carbocycles. The van der Waals surface area contributed by atoms with Gasteiger partial charge in [0.1, 0.15) is 5.82 Å². The minimum absolute atomic E-state index is 0.445. The van der Waals surface area contributed by atoms with E-state index in [9.17, 15) is 0 Å². The molecule has 0 saturated carbocycles. The number of hydrogen-bond donors (Lipinski definition) is 2. The normalized spacial score (nSPS) is 10.8. The van der Waals surface area contributed by atoms with Crippen molar-refractivity contribution < 1.29 is 0 Å². The van der Waals surface area contributed by atoms with Gasteiger partial charge in [0, 0.05) is 24.0 Å². The van der Waals surface area contributed by atoms with Crippen LogP contribution < -0.4 is 10.6 Å². The molecule has 0 spiro atoms. The highest BCUT2D eigenvalue weighted by atomic mass is 15.1. The second kappa shape index (κ2) is 8.00. The van der Waals surface area contributed by atoms with Gasteiger partial charge in [-0.3, -0.25) is 0 Å². The summed E-state index contributed by atoms with van der Waals surface area (Å²) in [6.07, 6.45) is 0. The fourth-order valence-corrected chi connectivity index (χ4v) is 2.95. The molecule has 26 heavy (non-hydrogen) atoms. The van der Waals surface area contributed by atoms with E-state index < -0.39 is 0 Å². The maximum atomic E-state index is 4.64. The van der Waals surface area contributed by atoms with Gasteiger partial charge < -0.3 is 10.6 Å². The molecule has 3 rings (SSSR count). The second-order valence-corrected chi connectivity index (χ2v) is 6.87. The van der Waals surface area contributed by atoms with Crippen molar-refractivity contribution in [2.24, 2.45) is 0 Å². The Labute approximate surface area is 155 Å². The first kappa shape index (κ1) is 17.9. The van der Waals surface area contributed by atoms with Gasteiger partial charge in [-0.05, 0) is 42.5 Å². The number of aromatic nitrogens is 2. The lowest BCUT2D eigenvalue weighted by Gasteiger charge is -2.15. The molecular weight excluding hydrogens is 320 g/mol. The molecule has 0 unspecified atom stereocenters. The maximum absolute atomic E-state index is 4.64. The van der Waals surface area contributed by atoms with Crippen LogP contribution >= 0.6 is 0 Å². The largest absolute Gasteiger partial charge is 0.350 e. The first-order valence-corrected chi connectivity index (χ1v) is 9.03. The van der Waals surface area contributed by atoms with Gasteiger partial charge >= 0.3 is 0 Å². The van der Waals surface area contributed by atoms with Crippen LogP contribution in [-0.2, 0) is 6.54 Å². The van der Waals surface area contributed by atoms with E-state index in [1.165, 1.54) is 16.7 Å². The van der Waals surface area contributed by atoms with Crippen LogP contribution in [0.3, 0.4) is 0 Å². The van der Waals surface area contributed by atoms with Gasteiger partial charge in [-0.15, -0.1) is 0 Å². The number of nitrogens with one attached hydrogen (secondary N) is 2. The number of benzene rings is 2. The standard InChI is InChI=1S/C22H26N4/c1-15(2)19-11-7-8-12-20(19)25-21-13-17(4)24-22(26-21)23-14-18-10-6-5-9-16(18)3/h5-13,15H,14H2,1-4H3,(H2,23,24,25,26). The van der Waals surface area contributed by atoms with E-state index in [1.54, 1.807) is 0 Å². The van der Waals surface area contributed by atoms with Crippen molar-refractivity contribution in [2.45, 2.75) is 40.2 Å². The predicted octanol–water partition coefficient (Wildman–Crippen LogP) is 5.57. The van der Waals surface area contributed by atoms with E-state index in [2.05, 4.69) is 83.8 Å². The molecule has 0 atom stereocenters. The zero-order chi connectivity index (χ0) is 18.5. The third-order valence-corrected chi connectivity index (χ3v) is 4.40. The summed E-state index contributed by atoms with van der Waals surface area (Å²) < 4.78 is 0. The quantitative estimate of drug-likeness (QED) is 0.612. The topological polar surface area (TPSA) is 49.8 Å². The first-order valence-electron chi connectivity index (χ1n) is 9.03. The predicted molar refractivity (Wildman–Crippen MR) is 109 cm³/mol. The van der Waals surface area contributed by atoms with E-state index >= 15 is 0 Å². The van der Waals surface area contributed by atoms with Crippen molar-refractivity contribution in [1.82, 2.24) is 9.97 Å². The van der Waals surface area contributed by atoms with E-state index in [4.69, 9.17) is 0 Å². The summed E-state index contributed by atoms with van der Waals surface area (Å²) in [5.41, 5.74) is 5.80. The van der Waals surface area contributed by atoms with Crippen molar-refractivity contribution >= 4 is 17.5 Å². The van der Waals surface area contributed by atoms with Gasteiger partial charge in [-0.1, -0.05) is 56.3 Å². The van der Waals surface area contributed by atoms with Crippen LogP contribution in [0.1, 0.15) is 42.1 Å². The number of hydrogen-bond acceptors (Lipinski definition) is 4. The summed E-state index contributed by atoms with van der Waals surface area (Å²) in [5, 5.41) is 6.80. The third-order valence-electron chi connectivity index (χ3n) is 4.40. The lowest BCUT2D eigenvalue weighted by molar-refractivity contribution is 0.868. The fraction of sp³-hybridized carbons (Fsp3) is 0.273. The molecule has 0 aliphatic carbocycles. The van der Waals surface area contributed by atoms with Crippen LogP contribution in [0.4, 0.5) is 17.5 Å². The highest BCUT2D eigenvalue weighted by Crippen LogP contribution is 2.26.